The zero-order valence-electron chi connectivity index (χ0n) is 14.2. The monoisotopic (exact) mass is 383 g/mol. The maximum Gasteiger partial charge on any atom is 0.451 e. The molecule has 0 bridgehead atoms. The Morgan fingerprint density at radius 2 is 1.68 bits per heavy atom. The molecule has 2 aromatic carbocycles. The van der Waals surface area contributed by atoms with Crippen LogP contribution >= 0.6 is 0 Å². The number of anilines is 1. The predicted octanol–water partition coefficient (Wildman–Crippen LogP) is 4.29. The zero-order chi connectivity index (χ0) is 19.7. The summed E-state index contributed by atoms with van der Waals surface area (Å²) in [5, 5.41) is 8.03. The highest BCUT2D eigenvalue weighted by molar-refractivity contribution is 6.12. The van der Waals surface area contributed by atoms with E-state index in [1.807, 2.05) is 30.3 Å². The Hall–Kier alpha value is -3.75. The summed E-state index contributed by atoms with van der Waals surface area (Å²) in [4.78, 5) is 20.6. The number of aromatic nitrogens is 4. The molecule has 0 aliphatic carbocycles. The van der Waals surface area contributed by atoms with Crippen LogP contribution in [0.1, 0.15) is 16.2 Å². The fraction of sp³-hybridized carbons (Fsp3) is 0.0526. The Morgan fingerprint density at radius 1 is 0.964 bits per heavy atom. The van der Waals surface area contributed by atoms with E-state index >= 15 is 0 Å². The summed E-state index contributed by atoms with van der Waals surface area (Å²) in [5.74, 6) is -2.38. The number of pyridine rings is 1. The van der Waals surface area contributed by atoms with Crippen molar-refractivity contribution in [3.05, 3.63) is 72.1 Å². The van der Waals surface area contributed by atoms with E-state index in [4.69, 9.17) is 0 Å². The van der Waals surface area contributed by atoms with Crippen LogP contribution in [0.15, 0.2) is 60.7 Å². The minimum absolute atomic E-state index is 0.253. The van der Waals surface area contributed by atoms with Crippen LogP contribution in [-0.2, 0) is 6.18 Å². The molecule has 28 heavy (non-hydrogen) atoms. The van der Waals surface area contributed by atoms with Crippen molar-refractivity contribution in [1.82, 2.24) is 20.2 Å². The third-order valence-corrected chi connectivity index (χ3v) is 4.01. The van der Waals surface area contributed by atoms with Crippen molar-refractivity contribution < 1.29 is 18.0 Å². The van der Waals surface area contributed by atoms with Gasteiger partial charge in [-0.05, 0) is 12.1 Å². The number of aromatic amines is 1. The van der Waals surface area contributed by atoms with Gasteiger partial charge >= 0.3 is 6.18 Å². The van der Waals surface area contributed by atoms with Crippen molar-refractivity contribution >= 4 is 22.8 Å². The van der Waals surface area contributed by atoms with Gasteiger partial charge in [-0.2, -0.15) is 18.2 Å². The Labute approximate surface area is 156 Å². The van der Waals surface area contributed by atoms with Crippen molar-refractivity contribution in [2.24, 2.45) is 0 Å². The smallest absolute Gasteiger partial charge is 0.289 e. The number of alkyl halides is 3. The number of hydrogen-bond donors (Lipinski definition) is 2. The Balaban J connectivity index is 1.74. The first-order chi connectivity index (χ1) is 13.4. The van der Waals surface area contributed by atoms with Crippen molar-refractivity contribution in [3.8, 4) is 11.3 Å². The third-order valence-electron chi connectivity index (χ3n) is 4.01. The number of para-hydroxylation sites is 1. The molecule has 6 nitrogen and oxygen atoms in total. The van der Waals surface area contributed by atoms with Gasteiger partial charge < -0.3 is 0 Å². The lowest BCUT2D eigenvalue weighted by atomic mass is 10.0. The second-order valence-electron chi connectivity index (χ2n) is 5.90. The summed E-state index contributed by atoms with van der Waals surface area (Å²) < 4.78 is 38.0. The molecule has 0 aliphatic heterocycles. The van der Waals surface area contributed by atoms with Gasteiger partial charge in [0, 0.05) is 10.9 Å². The Morgan fingerprint density at radius 3 is 2.39 bits per heavy atom. The summed E-state index contributed by atoms with van der Waals surface area (Å²) >= 11 is 0. The minimum Gasteiger partial charge on any atom is -0.289 e. The van der Waals surface area contributed by atoms with Gasteiger partial charge in [0.2, 0.25) is 11.8 Å². The predicted molar refractivity (Wildman–Crippen MR) is 96.5 cm³/mol. The molecule has 0 saturated carbocycles. The Kier molecular flexibility index (Phi) is 4.26. The quantitative estimate of drug-likeness (QED) is 0.553. The van der Waals surface area contributed by atoms with Crippen LogP contribution in [-0.4, -0.2) is 26.1 Å². The minimum atomic E-state index is -4.68. The molecule has 2 heterocycles. The van der Waals surface area contributed by atoms with Crippen molar-refractivity contribution in [1.29, 1.82) is 0 Å². The molecular weight excluding hydrogens is 371 g/mol. The number of hydrogen-bond acceptors (Lipinski definition) is 4. The first kappa shape index (κ1) is 17.7. The van der Waals surface area contributed by atoms with Gasteiger partial charge in [0.15, 0.2) is 0 Å². The summed E-state index contributed by atoms with van der Waals surface area (Å²) in [6, 6.07) is 17.8. The second kappa shape index (κ2) is 6.76. The first-order valence-electron chi connectivity index (χ1n) is 8.18. The van der Waals surface area contributed by atoms with Crippen molar-refractivity contribution in [2.75, 3.05) is 5.32 Å². The number of carbonyl (C=O) groups is 1. The molecule has 0 atom stereocenters. The van der Waals surface area contributed by atoms with Crippen molar-refractivity contribution in [2.45, 2.75) is 6.18 Å². The molecule has 140 valence electrons. The molecule has 2 aromatic heterocycles. The van der Waals surface area contributed by atoms with Gasteiger partial charge in [-0.3, -0.25) is 15.2 Å². The standard InChI is InChI=1S/C19H12F3N5O/c20-19(21,22)17-25-18(27-26-17)24-16(28)13-10-15(11-6-2-1-3-7-11)23-14-9-5-4-8-12(13)14/h1-10H,(H2,24,25,26,27,28). The van der Waals surface area contributed by atoms with Gasteiger partial charge in [-0.25, -0.2) is 4.98 Å². The van der Waals surface area contributed by atoms with Crippen LogP contribution in [0.5, 0.6) is 0 Å². The average Bonchev–Trinajstić information content (AvgIpc) is 3.17. The molecule has 0 aliphatic rings. The van der Waals surface area contributed by atoms with E-state index in [2.05, 4.69) is 20.4 Å². The number of rotatable bonds is 3. The number of nitrogens with zero attached hydrogens (tertiary/aromatic N) is 3. The van der Waals surface area contributed by atoms with Gasteiger partial charge in [0.1, 0.15) is 0 Å². The lowest BCUT2D eigenvalue weighted by molar-refractivity contribution is -0.144. The van der Waals surface area contributed by atoms with Gasteiger partial charge in [-0.1, -0.05) is 48.5 Å². The van der Waals surface area contributed by atoms with E-state index in [9.17, 15) is 18.0 Å². The number of fused-ring (bicyclic) bond motifs is 1. The average molecular weight is 383 g/mol. The number of carbonyl (C=O) groups excluding carboxylic acids is 1. The molecule has 0 fully saturated rings. The zero-order valence-corrected chi connectivity index (χ0v) is 14.2. The molecule has 2 N–H and O–H groups in total. The molecule has 0 spiro atoms. The van der Waals surface area contributed by atoms with E-state index in [0.717, 1.165) is 5.56 Å². The third kappa shape index (κ3) is 3.41. The van der Waals surface area contributed by atoms with Gasteiger partial charge in [0.25, 0.3) is 5.91 Å². The largest absolute Gasteiger partial charge is 0.451 e. The number of benzene rings is 2. The molecule has 0 saturated heterocycles. The second-order valence-corrected chi connectivity index (χ2v) is 5.90. The lowest BCUT2D eigenvalue weighted by Gasteiger charge is -2.09. The van der Waals surface area contributed by atoms with Crippen LogP contribution < -0.4 is 5.32 Å². The van der Waals surface area contributed by atoms with E-state index < -0.39 is 23.9 Å². The number of halogens is 3. The normalized spacial score (nSPS) is 11.5. The van der Waals surface area contributed by atoms with Crippen molar-refractivity contribution in [3.63, 3.8) is 0 Å². The topological polar surface area (TPSA) is 83.6 Å². The van der Waals surface area contributed by atoms with Crippen LogP contribution in [0.4, 0.5) is 19.1 Å². The summed E-state index contributed by atoms with van der Waals surface area (Å²) in [6.45, 7) is 0. The molecule has 0 radical (unpaired) electrons. The maximum atomic E-state index is 12.8. The van der Waals surface area contributed by atoms with E-state index in [-0.39, 0.29) is 5.56 Å². The molecular formula is C19H12F3N5O. The number of H-pyrrole nitrogens is 1. The Bertz CT molecular complexity index is 1160. The maximum absolute atomic E-state index is 12.8. The molecule has 0 unspecified atom stereocenters. The SMILES string of the molecule is O=C(Nc1n[nH]c(C(F)(F)F)n1)c1cc(-c2ccccc2)nc2ccccc12. The fourth-order valence-electron chi connectivity index (χ4n) is 2.73. The van der Waals surface area contributed by atoms with Gasteiger partial charge in [-0.15, -0.1) is 5.10 Å². The lowest BCUT2D eigenvalue weighted by Crippen LogP contribution is -2.14. The van der Waals surface area contributed by atoms with E-state index in [1.165, 1.54) is 0 Å². The highest BCUT2D eigenvalue weighted by Gasteiger charge is 2.35. The summed E-state index contributed by atoms with van der Waals surface area (Å²) in [7, 11) is 0. The fourth-order valence-corrected chi connectivity index (χ4v) is 2.73. The highest BCUT2D eigenvalue weighted by atomic mass is 19.4. The number of amides is 1. The summed E-state index contributed by atoms with van der Waals surface area (Å²) in [6.07, 6.45) is -4.68. The molecule has 4 aromatic rings. The van der Waals surface area contributed by atoms with Gasteiger partial charge in [0.05, 0.1) is 16.8 Å². The molecule has 4 rings (SSSR count). The van der Waals surface area contributed by atoms with Crippen LogP contribution in [0.25, 0.3) is 22.2 Å². The van der Waals surface area contributed by atoms with E-state index in [0.29, 0.717) is 16.6 Å². The van der Waals surface area contributed by atoms with Crippen LogP contribution in [0, 0.1) is 0 Å². The highest BCUT2D eigenvalue weighted by Crippen LogP contribution is 2.27. The van der Waals surface area contributed by atoms with Crippen LogP contribution in [0.3, 0.4) is 0 Å². The first-order valence-corrected chi connectivity index (χ1v) is 8.18. The molecule has 1 amide bonds. The number of nitrogens with one attached hydrogen (secondary N) is 2. The summed E-state index contributed by atoms with van der Waals surface area (Å²) in [5.41, 5.74) is 2.21. The van der Waals surface area contributed by atoms with Crippen LogP contribution in [0.2, 0.25) is 0 Å². The molecule has 9 heteroatoms. The van der Waals surface area contributed by atoms with E-state index in [1.54, 1.807) is 35.4 Å².